The van der Waals surface area contributed by atoms with Crippen molar-refractivity contribution in [3.05, 3.63) is 20.7 Å². The zero-order valence-electron chi connectivity index (χ0n) is 10.4. The minimum atomic E-state index is -0.834. The number of thioether (sulfide) groups is 1. The van der Waals surface area contributed by atoms with Gasteiger partial charge in [-0.05, 0) is 6.92 Å². The highest BCUT2D eigenvalue weighted by Gasteiger charge is 2.15. The summed E-state index contributed by atoms with van der Waals surface area (Å²) in [5.74, 6) is -0.177. The number of esters is 1. The number of aromatic amines is 1. The molecule has 0 spiro atoms. The number of carbonyl (C=O) groups is 1. The molecule has 0 radical (unpaired) electrons. The van der Waals surface area contributed by atoms with E-state index in [0.717, 1.165) is 0 Å². The van der Waals surface area contributed by atoms with Crippen LogP contribution in [0.3, 0.4) is 0 Å². The fraction of sp³-hybridized carbons (Fsp3) is 0.600. The molecule has 8 heteroatoms. The Labute approximate surface area is 108 Å². The van der Waals surface area contributed by atoms with Crippen molar-refractivity contribution in [3.8, 4) is 0 Å². The van der Waals surface area contributed by atoms with Gasteiger partial charge in [0.15, 0.2) is 5.16 Å². The summed E-state index contributed by atoms with van der Waals surface area (Å²) in [7, 11) is 1.57. The van der Waals surface area contributed by atoms with E-state index in [0.29, 0.717) is 17.5 Å². The molecule has 1 aromatic heterocycles. The first-order valence-electron chi connectivity index (χ1n) is 5.42. The molecule has 7 nitrogen and oxygen atoms in total. The monoisotopic (exact) mass is 273 g/mol. The van der Waals surface area contributed by atoms with Crippen LogP contribution in [0.1, 0.15) is 13.8 Å². The molecule has 0 aliphatic heterocycles. The lowest BCUT2D eigenvalue weighted by atomic mass is 10.2. The molecule has 1 heterocycles. The summed E-state index contributed by atoms with van der Waals surface area (Å²) in [4.78, 5) is 37.1. The molecule has 1 atom stereocenters. The largest absolute Gasteiger partial charge is 0.466 e. The minimum Gasteiger partial charge on any atom is -0.466 e. The molecule has 18 heavy (non-hydrogen) atoms. The Morgan fingerprint density at radius 1 is 1.56 bits per heavy atom. The zero-order chi connectivity index (χ0) is 13.7. The minimum absolute atomic E-state index is 0.292. The van der Waals surface area contributed by atoms with E-state index < -0.39 is 11.1 Å². The number of rotatable bonds is 5. The van der Waals surface area contributed by atoms with E-state index in [4.69, 9.17) is 4.74 Å². The fourth-order valence-corrected chi connectivity index (χ4v) is 2.06. The van der Waals surface area contributed by atoms with Gasteiger partial charge in [0.1, 0.15) is 0 Å². The summed E-state index contributed by atoms with van der Waals surface area (Å²) < 4.78 is 6.22. The average molecular weight is 273 g/mol. The van der Waals surface area contributed by atoms with Crippen LogP contribution in [0.25, 0.3) is 0 Å². The number of hydrogen-bond donors (Lipinski definition) is 1. The van der Waals surface area contributed by atoms with Gasteiger partial charge in [0, 0.05) is 12.8 Å². The first-order valence-corrected chi connectivity index (χ1v) is 6.41. The van der Waals surface area contributed by atoms with Crippen LogP contribution >= 0.6 is 11.8 Å². The Morgan fingerprint density at radius 2 is 2.22 bits per heavy atom. The molecule has 0 saturated heterocycles. The van der Waals surface area contributed by atoms with Crippen LogP contribution in [0, 0.1) is 5.92 Å². The molecule has 0 bridgehead atoms. The maximum atomic E-state index is 11.4. The van der Waals surface area contributed by atoms with E-state index >= 15 is 0 Å². The van der Waals surface area contributed by atoms with Gasteiger partial charge in [-0.2, -0.15) is 4.98 Å². The van der Waals surface area contributed by atoms with Crippen LogP contribution < -0.4 is 11.1 Å². The summed E-state index contributed by atoms with van der Waals surface area (Å²) in [6.07, 6.45) is 0. The maximum absolute atomic E-state index is 11.4. The highest BCUT2D eigenvalue weighted by atomic mass is 32.2. The van der Waals surface area contributed by atoms with Crippen LogP contribution in [0.2, 0.25) is 0 Å². The van der Waals surface area contributed by atoms with Crippen LogP contribution in [-0.4, -0.2) is 33.1 Å². The molecule has 1 rings (SSSR count). The molecule has 100 valence electrons. The van der Waals surface area contributed by atoms with Gasteiger partial charge < -0.3 is 4.74 Å². The van der Waals surface area contributed by atoms with Gasteiger partial charge in [-0.1, -0.05) is 18.7 Å². The van der Waals surface area contributed by atoms with E-state index in [-0.39, 0.29) is 11.9 Å². The van der Waals surface area contributed by atoms with Crippen LogP contribution in [0.5, 0.6) is 0 Å². The van der Waals surface area contributed by atoms with Crippen molar-refractivity contribution in [3.63, 3.8) is 0 Å². The van der Waals surface area contributed by atoms with Gasteiger partial charge in [0.05, 0.1) is 12.5 Å². The number of aryl methyl sites for hydroxylation is 1. The summed E-state index contributed by atoms with van der Waals surface area (Å²) in [5.41, 5.74) is -1.60. The van der Waals surface area contributed by atoms with Crippen molar-refractivity contribution < 1.29 is 9.53 Å². The average Bonchev–Trinajstić information content (AvgIpc) is 2.32. The van der Waals surface area contributed by atoms with Crippen molar-refractivity contribution in [2.75, 3.05) is 12.4 Å². The zero-order valence-corrected chi connectivity index (χ0v) is 11.2. The lowest BCUT2D eigenvalue weighted by Gasteiger charge is -2.10. The highest BCUT2D eigenvalue weighted by Crippen LogP contribution is 2.16. The SMILES string of the molecule is CCOC(=O)C(C)CSc1nc(=O)c(=O)[nH]n1C. The molecule has 0 aliphatic rings. The molecule has 1 N–H and O–H groups in total. The number of nitrogens with one attached hydrogen (secondary N) is 1. The molecule has 0 aliphatic carbocycles. The Kier molecular flexibility index (Phi) is 5.14. The van der Waals surface area contributed by atoms with Crippen molar-refractivity contribution >= 4 is 17.7 Å². The number of carbonyl (C=O) groups excluding carboxylic acids is 1. The van der Waals surface area contributed by atoms with Gasteiger partial charge in [0.2, 0.25) is 0 Å². The van der Waals surface area contributed by atoms with Gasteiger partial charge in [-0.25, -0.2) is 0 Å². The number of H-pyrrole nitrogens is 1. The molecule has 0 fully saturated rings. The topological polar surface area (TPSA) is 94.1 Å². The van der Waals surface area contributed by atoms with Crippen LogP contribution in [-0.2, 0) is 16.6 Å². The van der Waals surface area contributed by atoms with Gasteiger partial charge >= 0.3 is 17.1 Å². The van der Waals surface area contributed by atoms with Crippen LogP contribution in [0.15, 0.2) is 14.7 Å². The fourth-order valence-electron chi connectivity index (χ4n) is 1.14. The molecular formula is C10H15N3O4S. The number of ether oxygens (including phenoxy) is 1. The molecule has 0 amide bonds. The third-order valence-corrected chi connectivity index (χ3v) is 3.39. The Balaban J connectivity index is 2.69. The van der Waals surface area contributed by atoms with Crippen molar-refractivity contribution in [2.24, 2.45) is 13.0 Å². The van der Waals surface area contributed by atoms with E-state index in [2.05, 4.69) is 10.1 Å². The molecule has 0 saturated carbocycles. The summed E-state index contributed by atoms with van der Waals surface area (Å²) in [6.45, 7) is 3.81. The first-order chi connectivity index (χ1) is 8.45. The Morgan fingerprint density at radius 3 is 2.83 bits per heavy atom. The van der Waals surface area contributed by atoms with Crippen LogP contribution in [0.4, 0.5) is 0 Å². The predicted molar refractivity (Wildman–Crippen MR) is 66.6 cm³/mol. The lowest BCUT2D eigenvalue weighted by Crippen LogP contribution is -2.34. The second-order valence-corrected chi connectivity index (χ2v) is 4.65. The van der Waals surface area contributed by atoms with Crippen molar-refractivity contribution in [1.29, 1.82) is 0 Å². The van der Waals surface area contributed by atoms with E-state index in [1.165, 1.54) is 16.4 Å². The Hall–Kier alpha value is -1.57. The van der Waals surface area contributed by atoms with E-state index in [1.807, 2.05) is 0 Å². The standard InChI is InChI=1S/C10H15N3O4S/c1-4-17-9(16)6(2)5-18-10-11-7(14)8(15)12-13(10)3/h6H,4-5H2,1-3H3,(H,12,15). The van der Waals surface area contributed by atoms with E-state index in [9.17, 15) is 14.4 Å². The molecule has 0 aromatic carbocycles. The van der Waals surface area contributed by atoms with Crippen molar-refractivity contribution in [2.45, 2.75) is 19.0 Å². The molecule has 1 unspecified atom stereocenters. The lowest BCUT2D eigenvalue weighted by molar-refractivity contribution is -0.146. The van der Waals surface area contributed by atoms with Crippen molar-refractivity contribution in [1.82, 2.24) is 14.8 Å². The smallest absolute Gasteiger partial charge is 0.339 e. The highest BCUT2D eigenvalue weighted by molar-refractivity contribution is 7.99. The predicted octanol–water partition coefficient (Wildman–Crippen LogP) is -0.240. The Bertz CT molecular complexity index is 537. The number of aromatic nitrogens is 3. The van der Waals surface area contributed by atoms with Gasteiger partial charge in [0.25, 0.3) is 0 Å². The molecular weight excluding hydrogens is 258 g/mol. The third-order valence-electron chi connectivity index (χ3n) is 2.10. The second-order valence-electron chi connectivity index (χ2n) is 3.66. The number of hydrogen-bond acceptors (Lipinski definition) is 6. The number of nitrogens with zero attached hydrogens (tertiary/aromatic N) is 2. The van der Waals surface area contributed by atoms with Gasteiger partial charge in [-0.15, -0.1) is 0 Å². The third kappa shape index (κ3) is 3.73. The molecule has 1 aromatic rings. The second kappa shape index (κ2) is 6.39. The summed E-state index contributed by atoms with van der Waals surface area (Å²) in [5, 5.41) is 2.69. The normalized spacial score (nSPS) is 12.2. The first kappa shape index (κ1) is 14.5. The van der Waals surface area contributed by atoms with Gasteiger partial charge in [-0.3, -0.25) is 24.2 Å². The summed E-state index contributed by atoms with van der Waals surface area (Å²) in [6, 6.07) is 0. The quantitative estimate of drug-likeness (QED) is 0.452. The summed E-state index contributed by atoms with van der Waals surface area (Å²) >= 11 is 1.21. The maximum Gasteiger partial charge on any atom is 0.339 e. The van der Waals surface area contributed by atoms with E-state index in [1.54, 1.807) is 20.9 Å².